The molecule has 0 saturated heterocycles. The third-order valence-corrected chi connectivity index (χ3v) is 4.82. The Morgan fingerprint density at radius 1 is 1.12 bits per heavy atom. The van der Waals surface area contributed by atoms with Crippen LogP contribution in [0.5, 0.6) is 0 Å². The highest BCUT2D eigenvalue weighted by molar-refractivity contribution is 5.82. The molecule has 0 aliphatic heterocycles. The van der Waals surface area contributed by atoms with Gasteiger partial charge in [0, 0.05) is 37.1 Å². The highest BCUT2D eigenvalue weighted by Gasteiger charge is 2.43. The Balaban J connectivity index is 1.35. The lowest BCUT2D eigenvalue weighted by Crippen LogP contribution is -2.27. The van der Waals surface area contributed by atoms with Gasteiger partial charge in [-0.1, -0.05) is 38.1 Å². The second-order valence-electron chi connectivity index (χ2n) is 7.08. The molecule has 0 spiro atoms. The van der Waals surface area contributed by atoms with Gasteiger partial charge in [0.1, 0.15) is 0 Å². The number of hydrogen-bond acceptors (Lipinski definition) is 3. The lowest BCUT2D eigenvalue weighted by atomic mass is 10.00. The minimum Gasteiger partial charge on any atom is -0.385 e. The van der Waals surface area contributed by atoms with E-state index in [1.54, 1.807) is 12.4 Å². The maximum absolute atomic E-state index is 12.3. The van der Waals surface area contributed by atoms with Crippen molar-refractivity contribution in [3.63, 3.8) is 0 Å². The summed E-state index contributed by atoms with van der Waals surface area (Å²) >= 11 is 0. The van der Waals surface area contributed by atoms with E-state index in [4.69, 9.17) is 0 Å². The van der Waals surface area contributed by atoms with Crippen molar-refractivity contribution in [2.75, 3.05) is 18.4 Å². The van der Waals surface area contributed by atoms with Gasteiger partial charge in [-0.3, -0.25) is 9.78 Å². The largest absolute Gasteiger partial charge is 0.385 e. The monoisotopic (exact) mass is 337 g/mol. The average molecular weight is 337 g/mol. The van der Waals surface area contributed by atoms with Crippen LogP contribution in [0.1, 0.15) is 49.7 Å². The Bertz CT molecular complexity index is 682. The molecule has 0 bridgehead atoms. The summed E-state index contributed by atoms with van der Waals surface area (Å²) in [4.78, 5) is 16.2. The number of anilines is 1. The van der Waals surface area contributed by atoms with Crippen LogP contribution in [0.25, 0.3) is 0 Å². The van der Waals surface area contributed by atoms with Crippen LogP contribution >= 0.6 is 0 Å². The van der Waals surface area contributed by atoms with Crippen molar-refractivity contribution in [2.45, 2.75) is 38.5 Å². The Morgan fingerprint density at radius 2 is 1.84 bits per heavy atom. The van der Waals surface area contributed by atoms with E-state index in [9.17, 15) is 4.79 Å². The molecule has 0 radical (unpaired) electrons. The standard InChI is InChI=1S/C21H27N3O/c1-15(2)16-4-6-17(7-5-16)19-14-20(19)21(25)24-11-3-10-23-18-8-12-22-13-9-18/h4-9,12-13,15,19-20H,3,10-11,14H2,1-2H3,(H,22,23)(H,24,25). The van der Waals surface area contributed by atoms with Crippen LogP contribution in [-0.4, -0.2) is 24.0 Å². The van der Waals surface area contributed by atoms with Crippen LogP contribution in [-0.2, 0) is 4.79 Å². The molecule has 2 atom stereocenters. The third kappa shape index (κ3) is 4.81. The number of rotatable bonds is 8. The fourth-order valence-electron chi connectivity index (χ4n) is 3.11. The molecule has 2 aromatic rings. The topological polar surface area (TPSA) is 54.0 Å². The molecule has 1 heterocycles. The van der Waals surface area contributed by atoms with Crippen LogP contribution in [0.4, 0.5) is 5.69 Å². The molecular formula is C21H27N3O. The first-order chi connectivity index (χ1) is 12.1. The summed E-state index contributed by atoms with van der Waals surface area (Å²) in [6.07, 6.45) is 5.42. The zero-order chi connectivity index (χ0) is 17.6. The summed E-state index contributed by atoms with van der Waals surface area (Å²) in [6, 6.07) is 12.6. The first-order valence-electron chi connectivity index (χ1n) is 9.16. The molecule has 4 nitrogen and oxygen atoms in total. The predicted molar refractivity (Wildman–Crippen MR) is 102 cm³/mol. The Kier molecular flexibility index (Phi) is 5.69. The normalized spacial score (nSPS) is 18.8. The van der Waals surface area contributed by atoms with Crippen molar-refractivity contribution in [2.24, 2.45) is 5.92 Å². The lowest BCUT2D eigenvalue weighted by molar-refractivity contribution is -0.122. The Morgan fingerprint density at radius 3 is 2.52 bits per heavy atom. The van der Waals surface area contributed by atoms with Gasteiger partial charge in [0.05, 0.1) is 0 Å². The summed E-state index contributed by atoms with van der Waals surface area (Å²) in [5.41, 5.74) is 3.71. The SMILES string of the molecule is CC(C)c1ccc(C2CC2C(=O)NCCCNc2ccncc2)cc1. The van der Waals surface area contributed by atoms with E-state index in [-0.39, 0.29) is 11.8 Å². The zero-order valence-corrected chi connectivity index (χ0v) is 15.0. The van der Waals surface area contributed by atoms with Crippen molar-refractivity contribution < 1.29 is 4.79 Å². The summed E-state index contributed by atoms with van der Waals surface area (Å²) in [5.74, 6) is 1.30. The molecule has 132 valence electrons. The van der Waals surface area contributed by atoms with Gasteiger partial charge in [-0.2, -0.15) is 0 Å². The van der Waals surface area contributed by atoms with Gasteiger partial charge in [-0.15, -0.1) is 0 Å². The first-order valence-corrected chi connectivity index (χ1v) is 9.16. The van der Waals surface area contributed by atoms with Crippen molar-refractivity contribution in [3.05, 3.63) is 59.9 Å². The molecule has 2 N–H and O–H groups in total. The first kappa shape index (κ1) is 17.5. The number of pyridine rings is 1. The Hall–Kier alpha value is -2.36. The number of amides is 1. The minimum atomic E-state index is 0.151. The number of nitrogens with zero attached hydrogens (tertiary/aromatic N) is 1. The highest BCUT2D eigenvalue weighted by atomic mass is 16.2. The molecule has 1 amide bonds. The van der Waals surface area contributed by atoms with E-state index >= 15 is 0 Å². The van der Waals surface area contributed by atoms with Crippen LogP contribution in [0, 0.1) is 5.92 Å². The van der Waals surface area contributed by atoms with Crippen LogP contribution in [0.15, 0.2) is 48.8 Å². The predicted octanol–water partition coefficient (Wildman–Crippen LogP) is 3.93. The van der Waals surface area contributed by atoms with Crippen molar-refractivity contribution >= 4 is 11.6 Å². The van der Waals surface area contributed by atoms with Crippen LogP contribution < -0.4 is 10.6 Å². The minimum absolute atomic E-state index is 0.151. The molecule has 1 fully saturated rings. The van der Waals surface area contributed by atoms with E-state index in [1.165, 1.54) is 11.1 Å². The molecular weight excluding hydrogens is 310 g/mol. The van der Waals surface area contributed by atoms with Crippen molar-refractivity contribution in [1.82, 2.24) is 10.3 Å². The summed E-state index contributed by atoms with van der Waals surface area (Å²) in [7, 11) is 0. The van der Waals surface area contributed by atoms with Crippen molar-refractivity contribution in [3.8, 4) is 0 Å². The molecule has 1 saturated carbocycles. The molecule has 1 aliphatic rings. The fraction of sp³-hybridized carbons (Fsp3) is 0.429. The Labute approximate surface area is 150 Å². The second kappa shape index (κ2) is 8.15. The highest BCUT2D eigenvalue weighted by Crippen LogP contribution is 2.47. The molecule has 25 heavy (non-hydrogen) atoms. The average Bonchev–Trinajstić information content (AvgIpc) is 3.43. The van der Waals surface area contributed by atoms with Gasteiger partial charge in [0.2, 0.25) is 5.91 Å². The quantitative estimate of drug-likeness (QED) is 0.718. The third-order valence-electron chi connectivity index (χ3n) is 4.82. The number of nitrogens with one attached hydrogen (secondary N) is 2. The smallest absolute Gasteiger partial charge is 0.223 e. The van der Waals surface area contributed by atoms with E-state index in [2.05, 4.69) is 53.7 Å². The summed E-state index contributed by atoms with van der Waals surface area (Å²) in [5, 5.41) is 6.39. The van der Waals surface area contributed by atoms with E-state index in [0.29, 0.717) is 18.4 Å². The fourth-order valence-corrected chi connectivity index (χ4v) is 3.11. The number of benzene rings is 1. The van der Waals surface area contributed by atoms with E-state index in [0.717, 1.165) is 25.1 Å². The van der Waals surface area contributed by atoms with E-state index < -0.39 is 0 Å². The molecule has 1 aliphatic carbocycles. The van der Waals surface area contributed by atoms with Crippen LogP contribution in [0.3, 0.4) is 0 Å². The number of aromatic nitrogens is 1. The molecule has 3 rings (SSSR count). The van der Waals surface area contributed by atoms with Gasteiger partial charge in [0.25, 0.3) is 0 Å². The number of carbonyl (C=O) groups excluding carboxylic acids is 1. The van der Waals surface area contributed by atoms with Gasteiger partial charge in [0.15, 0.2) is 0 Å². The summed E-state index contributed by atoms with van der Waals surface area (Å²) in [6.45, 7) is 5.96. The van der Waals surface area contributed by atoms with Crippen molar-refractivity contribution in [1.29, 1.82) is 0 Å². The molecule has 1 aromatic heterocycles. The van der Waals surface area contributed by atoms with Gasteiger partial charge < -0.3 is 10.6 Å². The number of hydrogen-bond donors (Lipinski definition) is 2. The molecule has 2 unspecified atom stereocenters. The van der Waals surface area contributed by atoms with Crippen LogP contribution in [0.2, 0.25) is 0 Å². The molecule has 4 heteroatoms. The lowest BCUT2D eigenvalue weighted by Gasteiger charge is -2.08. The van der Waals surface area contributed by atoms with E-state index in [1.807, 2.05) is 12.1 Å². The maximum Gasteiger partial charge on any atom is 0.223 e. The van der Waals surface area contributed by atoms with Gasteiger partial charge in [-0.05, 0) is 47.9 Å². The van der Waals surface area contributed by atoms with Gasteiger partial charge in [-0.25, -0.2) is 0 Å². The van der Waals surface area contributed by atoms with Gasteiger partial charge >= 0.3 is 0 Å². The maximum atomic E-state index is 12.3. The second-order valence-corrected chi connectivity index (χ2v) is 7.08. The molecule has 1 aromatic carbocycles. The zero-order valence-electron chi connectivity index (χ0n) is 15.0. The number of carbonyl (C=O) groups is 1. The summed E-state index contributed by atoms with van der Waals surface area (Å²) < 4.78 is 0.